The van der Waals surface area contributed by atoms with Crippen molar-refractivity contribution in [1.29, 1.82) is 5.26 Å². The maximum atomic E-state index is 8.94. The maximum Gasteiger partial charge on any atom is 0.100 e. The molecular formula is C10H14N4O2. The Morgan fingerprint density at radius 3 is 3.12 bits per heavy atom. The molecule has 0 bridgehead atoms. The van der Waals surface area contributed by atoms with Crippen LogP contribution in [0.1, 0.15) is 23.7 Å². The van der Waals surface area contributed by atoms with Crippen LogP contribution in [0.5, 0.6) is 0 Å². The molecule has 86 valence electrons. The van der Waals surface area contributed by atoms with Crippen LogP contribution < -0.4 is 0 Å². The Hall–Kier alpha value is -1.45. The largest absolute Gasteiger partial charge is 0.394 e. The van der Waals surface area contributed by atoms with Crippen LogP contribution in [0, 0.1) is 11.3 Å². The molecule has 0 aromatic carbocycles. The summed E-state index contributed by atoms with van der Waals surface area (Å²) in [6, 6.07) is 2.08. The summed E-state index contributed by atoms with van der Waals surface area (Å²) < 4.78 is 7.02. The fourth-order valence-corrected chi connectivity index (χ4v) is 2.01. The van der Waals surface area contributed by atoms with E-state index in [0.29, 0.717) is 18.8 Å². The molecule has 0 aliphatic carbocycles. The van der Waals surface area contributed by atoms with E-state index in [1.807, 2.05) is 0 Å². The Morgan fingerprint density at radius 2 is 2.50 bits per heavy atom. The summed E-state index contributed by atoms with van der Waals surface area (Å²) >= 11 is 0. The van der Waals surface area contributed by atoms with Crippen LogP contribution in [0.2, 0.25) is 0 Å². The summed E-state index contributed by atoms with van der Waals surface area (Å²) in [4.78, 5) is 0. The van der Waals surface area contributed by atoms with Gasteiger partial charge in [-0.3, -0.25) is 0 Å². The molecule has 0 radical (unpaired) electrons. The van der Waals surface area contributed by atoms with E-state index in [2.05, 4.69) is 16.4 Å². The molecule has 1 aromatic heterocycles. The smallest absolute Gasteiger partial charge is 0.100 e. The molecule has 2 heterocycles. The zero-order chi connectivity index (χ0) is 11.4. The van der Waals surface area contributed by atoms with Crippen molar-refractivity contribution in [2.24, 2.45) is 0 Å². The van der Waals surface area contributed by atoms with Crippen LogP contribution in [0.3, 0.4) is 0 Å². The lowest BCUT2D eigenvalue weighted by atomic mass is 10.0. The van der Waals surface area contributed by atoms with Gasteiger partial charge < -0.3 is 9.84 Å². The first-order chi connectivity index (χ1) is 7.86. The van der Waals surface area contributed by atoms with Gasteiger partial charge in [0, 0.05) is 12.5 Å². The summed E-state index contributed by atoms with van der Waals surface area (Å²) in [6.45, 7) is 1.83. The van der Waals surface area contributed by atoms with Crippen molar-refractivity contribution in [3.63, 3.8) is 0 Å². The molecule has 0 amide bonds. The molecule has 1 aliphatic heterocycles. The number of aliphatic hydroxyl groups excluding tert-OH is 1. The van der Waals surface area contributed by atoms with E-state index in [1.165, 1.54) is 0 Å². The van der Waals surface area contributed by atoms with Crippen LogP contribution >= 0.6 is 0 Å². The first-order valence-electron chi connectivity index (χ1n) is 5.34. The van der Waals surface area contributed by atoms with Gasteiger partial charge in [0.15, 0.2) is 0 Å². The van der Waals surface area contributed by atoms with Crippen molar-refractivity contribution in [3.05, 3.63) is 11.4 Å². The second kappa shape index (κ2) is 5.05. The van der Waals surface area contributed by atoms with E-state index in [1.54, 1.807) is 4.68 Å². The average molecular weight is 222 g/mol. The molecule has 16 heavy (non-hydrogen) atoms. The molecule has 2 rings (SSSR count). The highest BCUT2D eigenvalue weighted by molar-refractivity contribution is 5.19. The van der Waals surface area contributed by atoms with Gasteiger partial charge in [0.25, 0.3) is 0 Å². The third-order valence-corrected chi connectivity index (χ3v) is 2.72. The Balaban J connectivity index is 2.28. The fraction of sp³-hybridized carbons (Fsp3) is 0.700. The van der Waals surface area contributed by atoms with E-state index in [-0.39, 0.29) is 18.9 Å². The third-order valence-electron chi connectivity index (χ3n) is 2.72. The van der Waals surface area contributed by atoms with Gasteiger partial charge in [-0.05, 0) is 6.42 Å². The Kier molecular flexibility index (Phi) is 3.49. The number of hydrogen-bond donors (Lipinski definition) is 1. The van der Waals surface area contributed by atoms with Crippen molar-refractivity contribution < 1.29 is 9.84 Å². The van der Waals surface area contributed by atoms with Crippen LogP contribution in [-0.2, 0) is 17.7 Å². The predicted molar refractivity (Wildman–Crippen MR) is 54.6 cm³/mol. The molecule has 1 aromatic rings. The van der Waals surface area contributed by atoms with Gasteiger partial charge in [0.2, 0.25) is 0 Å². The second-order valence-corrected chi connectivity index (χ2v) is 3.76. The Bertz CT molecular complexity index is 390. The molecule has 1 atom stereocenters. The number of nitriles is 1. The van der Waals surface area contributed by atoms with E-state index >= 15 is 0 Å². The number of aromatic nitrogens is 3. The monoisotopic (exact) mass is 222 g/mol. The van der Waals surface area contributed by atoms with Crippen LogP contribution in [0.15, 0.2) is 0 Å². The van der Waals surface area contributed by atoms with E-state index < -0.39 is 0 Å². The molecule has 1 aliphatic rings. The van der Waals surface area contributed by atoms with Gasteiger partial charge in [-0.15, -0.1) is 5.10 Å². The number of nitrogens with zero attached hydrogens (tertiary/aromatic N) is 4. The van der Waals surface area contributed by atoms with E-state index in [0.717, 1.165) is 18.7 Å². The molecule has 1 N–H and O–H groups in total. The van der Waals surface area contributed by atoms with Crippen LogP contribution in [0.4, 0.5) is 0 Å². The van der Waals surface area contributed by atoms with Crippen molar-refractivity contribution >= 4 is 0 Å². The van der Waals surface area contributed by atoms with Gasteiger partial charge in [0.05, 0.1) is 37.9 Å². The topological polar surface area (TPSA) is 84.0 Å². The van der Waals surface area contributed by atoms with Gasteiger partial charge in [0.1, 0.15) is 5.69 Å². The molecule has 1 fully saturated rings. The number of aliphatic hydroxyl groups is 1. The summed E-state index contributed by atoms with van der Waals surface area (Å²) in [5, 5.41) is 25.6. The van der Waals surface area contributed by atoms with E-state index in [9.17, 15) is 0 Å². The number of ether oxygens (including phenoxy) is 1. The summed E-state index contributed by atoms with van der Waals surface area (Å²) in [5.74, 6) is 0.255. The Morgan fingerprint density at radius 1 is 1.62 bits per heavy atom. The van der Waals surface area contributed by atoms with Gasteiger partial charge in [-0.25, -0.2) is 4.68 Å². The van der Waals surface area contributed by atoms with Crippen LogP contribution in [-0.4, -0.2) is 39.9 Å². The molecule has 1 saturated heterocycles. The van der Waals surface area contributed by atoms with Crippen molar-refractivity contribution in [1.82, 2.24) is 15.0 Å². The lowest BCUT2D eigenvalue weighted by Crippen LogP contribution is -2.13. The average Bonchev–Trinajstić information content (AvgIpc) is 2.88. The van der Waals surface area contributed by atoms with Gasteiger partial charge in [-0.1, -0.05) is 5.21 Å². The van der Waals surface area contributed by atoms with Crippen molar-refractivity contribution in [2.45, 2.75) is 25.3 Å². The zero-order valence-electron chi connectivity index (χ0n) is 8.96. The second-order valence-electron chi connectivity index (χ2n) is 3.76. The molecule has 0 spiro atoms. The number of hydrogen-bond acceptors (Lipinski definition) is 5. The molecule has 6 heteroatoms. The van der Waals surface area contributed by atoms with Crippen LogP contribution in [0.25, 0.3) is 0 Å². The van der Waals surface area contributed by atoms with Gasteiger partial charge in [-0.2, -0.15) is 5.26 Å². The first kappa shape index (κ1) is 11.0. The summed E-state index contributed by atoms with van der Waals surface area (Å²) in [7, 11) is 0. The highest BCUT2D eigenvalue weighted by Gasteiger charge is 2.25. The lowest BCUT2D eigenvalue weighted by Gasteiger charge is -2.10. The quantitative estimate of drug-likeness (QED) is 0.765. The number of rotatable bonds is 4. The predicted octanol–water partition coefficient (Wildman–Crippen LogP) is -0.160. The summed E-state index contributed by atoms with van der Waals surface area (Å²) in [5.41, 5.74) is 1.67. The highest BCUT2D eigenvalue weighted by Crippen LogP contribution is 2.27. The van der Waals surface area contributed by atoms with Crippen molar-refractivity contribution in [2.75, 3.05) is 19.8 Å². The normalized spacial score (nSPS) is 19.9. The standard InChI is InChI=1S/C10H14N4O2/c11-3-1-9-10(8-2-6-16-7-8)14(4-5-15)13-12-9/h8,15H,1-2,4-7H2. The molecule has 1 unspecified atom stereocenters. The SMILES string of the molecule is N#CCc1nnn(CCO)c1C1CCOC1. The minimum absolute atomic E-state index is 0.0237. The van der Waals surface area contributed by atoms with Crippen molar-refractivity contribution in [3.8, 4) is 6.07 Å². The van der Waals surface area contributed by atoms with E-state index in [4.69, 9.17) is 15.1 Å². The maximum absolute atomic E-state index is 8.94. The minimum Gasteiger partial charge on any atom is -0.394 e. The molecule has 6 nitrogen and oxygen atoms in total. The van der Waals surface area contributed by atoms with Gasteiger partial charge >= 0.3 is 0 Å². The third kappa shape index (κ3) is 2.05. The molecular weight excluding hydrogens is 208 g/mol. The highest BCUT2D eigenvalue weighted by atomic mass is 16.5. The lowest BCUT2D eigenvalue weighted by molar-refractivity contribution is 0.192. The minimum atomic E-state index is 0.0237. The zero-order valence-corrected chi connectivity index (χ0v) is 8.96. The summed E-state index contributed by atoms with van der Waals surface area (Å²) in [6.07, 6.45) is 1.19. The fourth-order valence-electron chi connectivity index (χ4n) is 2.01. The Labute approximate surface area is 93.4 Å². The first-order valence-corrected chi connectivity index (χ1v) is 5.34. The molecule has 0 saturated carbocycles.